The van der Waals surface area contributed by atoms with Gasteiger partial charge in [0.1, 0.15) is 11.5 Å². The number of amides is 1. The molecule has 1 aromatic carbocycles. The van der Waals surface area contributed by atoms with Gasteiger partial charge in [0.2, 0.25) is 0 Å². The van der Waals surface area contributed by atoms with E-state index in [1.54, 1.807) is 0 Å². The lowest BCUT2D eigenvalue weighted by Gasteiger charge is -2.35. The molecule has 0 spiro atoms. The minimum absolute atomic E-state index is 0.110. The Bertz CT molecular complexity index is 821. The van der Waals surface area contributed by atoms with Crippen molar-refractivity contribution in [1.29, 1.82) is 0 Å². The summed E-state index contributed by atoms with van der Waals surface area (Å²) >= 11 is 0. The molecule has 0 radical (unpaired) electrons. The summed E-state index contributed by atoms with van der Waals surface area (Å²) in [6, 6.07) is 11.6. The fourth-order valence-corrected chi connectivity index (χ4v) is 4.31. The molecule has 3 heterocycles. The number of ether oxygens (including phenoxy) is 1. The molecule has 2 aliphatic rings. The first-order chi connectivity index (χ1) is 14.2. The third-order valence-corrected chi connectivity index (χ3v) is 5.92. The van der Waals surface area contributed by atoms with Crippen molar-refractivity contribution in [2.45, 2.75) is 38.3 Å². The largest absolute Gasteiger partial charge is 0.381 e. The van der Waals surface area contributed by atoms with E-state index in [0.29, 0.717) is 25.5 Å². The highest BCUT2D eigenvalue weighted by molar-refractivity contribution is 5.92. The Balaban J connectivity index is 1.38. The number of hydrogen-bond acceptors (Lipinski definition) is 4. The van der Waals surface area contributed by atoms with Gasteiger partial charge in [0.25, 0.3) is 5.91 Å². The molecular weight excluding hydrogens is 369 g/mol. The number of pyridine rings is 1. The lowest BCUT2D eigenvalue weighted by atomic mass is 10.00. The third kappa shape index (κ3) is 5.00. The van der Waals surface area contributed by atoms with Gasteiger partial charge >= 0.3 is 0 Å². The Morgan fingerprint density at radius 1 is 1.17 bits per heavy atom. The summed E-state index contributed by atoms with van der Waals surface area (Å²) in [5, 5.41) is 0. The van der Waals surface area contributed by atoms with Crippen LogP contribution >= 0.6 is 0 Å². The zero-order valence-electron chi connectivity index (χ0n) is 16.7. The lowest BCUT2D eigenvalue weighted by Crippen LogP contribution is -2.45. The summed E-state index contributed by atoms with van der Waals surface area (Å²) in [6.45, 7) is 5.02. The van der Waals surface area contributed by atoms with Gasteiger partial charge < -0.3 is 9.64 Å². The number of hydrogen-bond donors (Lipinski definition) is 0. The fourth-order valence-electron chi connectivity index (χ4n) is 4.31. The zero-order chi connectivity index (χ0) is 20.1. The molecule has 1 amide bonds. The Morgan fingerprint density at radius 3 is 2.72 bits per heavy atom. The van der Waals surface area contributed by atoms with Gasteiger partial charge in [0.15, 0.2) is 0 Å². The highest BCUT2D eigenvalue weighted by Crippen LogP contribution is 2.20. The molecule has 154 valence electrons. The molecule has 1 fully saturated rings. The number of rotatable bonds is 6. The van der Waals surface area contributed by atoms with Crippen LogP contribution in [0.2, 0.25) is 0 Å². The van der Waals surface area contributed by atoms with Crippen LogP contribution in [-0.4, -0.2) is 59.6 Å². The van der Waals surface area contributed by atoms with Crippen molar-refractivity contribution in [1.82, 2.24) is 14.8 Å². The predicted octanol–water partition coefficient (Wildman–Crippen LogP) is 3.29. The van der Waals surface area contributed by atoms with Gasteiger partial charge in [-0.15, -0.1) is 0 Å². The summed E-state index contributed by atoms with van der Waals surface area (Å²) in [6.07, 6.45) is 4.78. The second-order valence-corrected chi connectivity index (χ2v) is 7.85. The van der Waals surface area contributed by atoms with E-state index in [1.807, 2.05) is 4.90 Å². The number of nitrogens with zero attached hydrogens (tertiary/aromatic N) is 3. The van der Waals surface area contributed by atoms with E-state index in [-0.39, 0.29) is 11.9 Å². The van der Waals surface area contributed by atoms with E-state index >= 15 is 0 Å². The molecule has 0 bridgehead atoms. The summed E-state index contributed by atoms with van der Waals surface area (Å²) < 4.78 is 18.7. The average Bonchev–Trinajstić information content (AvgIpc) is 2.77. The summed E-state index contributed by atoms with van der Waals surface area (Å²) in [4.78, 5) is 21.5. The molecule has 2 aliphatic heterocycles. The Morgan fingerprint density at radius 2 is 1.97 bits per heavy atom. The predicted molar refractivity (Wildman–Crippen MR) is 109 cm³/mol. The Labute approximate surface area is 171 Å². The zero-order valence-corrected chi connectivity index (χ0v) is 16.7. The molecule has 2 aromatic rings. The molecule has 1 saturated heterocycles. The van der Waals surface area contributed by atoms with Crippen molar-refractivity contribution in [3.05, 3.63) is 65.2 Å². The van der Waals surface area contributed by atoms with Crippen molar-refractivity contribution < 1.29 is 13.9 Å². The van der Waals surface area contributed by atoms with Gasteiger partial charge in [-0.05, 0) is 48.9 Å². The van der Waals surface area contributed by atoms with Crippen LogP contribution in [0.4, 0.5) is 4.39 Å². The smallest absolute Gasteiger partial charge is 0.272 e. The van der Waals surface area contributed by atoms with Crippen LogP contribution in [0.25, 0.3) is 0 Å². The molecule has 0 atom stereocenters. The molecule has 4 rings (SSSR count). The van der Waals surface area contributed by atoms with Crippen LogP contribution in [0.5, 0.6) is 0 Å². The molecule has 0 aliphatic carbocycles. The fraction of sp³-hybridized carbons (Fsp3) is 0.478. The molecule has 5 nitrogen and oxygen atoms in total. The van der Waals surface area contributed by atoms with E-state index in [2.05, 4.69) is 34.1 Å². The van der Waals surface area contributed by atoms with Crippen LogP contribution in [0.15, 0.2) is 42.6 Å². The quantitative estimate of drug-likeness (QED) is 0.750. The normalized spacial score (nSPS) is 17.7. The second-order valence-electron chi connectivity index (χ2n) is 7.85. The van der Waals surface area contributed by atoms with Crippen LogP contribution in [0.1, 0.15) is 40.9 Å². The number of benzene rings is 1. The van der Waals surface area contributed by atoms with Crippen molar-refractivity contribution in [2.24, 2.45) is 0 Å². The van der Waals surface area contributed by atoms with Gasteiger partial charge in [-0.2, -0.15) is 0 Å². The summed E-state index contributed by atoms with van der Waals surface area (Å²) in [5.41, 5.74) is 3.17. The molecule has 29 heavy (non-hydrogen) atoms. The van der Waals surface area contributed by atoms with E-state index in [1.165, 1.54) is 23.3 Å². The third-order valence-electron chi connectivity index (χ3n) is 5.92. The van der Waals surface area contributed by atoms with Crippen LogP contribution in [0, 0.1) is 5.82 Å². The van der Waals surface area contributed by atoms with E-state index in [9.17, 15) is 9.18 Å². The number of halogens is 1. The molecular formula is C23H28FN3O2. The molecule has 6 heteroatoms. The van der Waals surface area contributed by atoms with Crippen LogP contribution in [-0.2, 0) is 17.7 Å². The highest BCUT2D eigenvalue weighted by atomic mass is 19.1. The minimum atomic E-state index is -0.426. The standard InChI is InChI=1S/C23H28FN3O2/c24-20-6-7-22(25-16-20)23(28)27(21-9-14-29-15-10-21)12-3-11-26-13-8-18-4-1-2-5-19(18)17-26/h1-2,4-7,16,21H,3,8-15,17H2. The van der Waals surface area contributed by atoms with Crippen molar-refractivity contribution in [3.63, 3.8) is 0 Å². The SMILES string of the molecule is O=C(c1ccc(F)cn1)N(CCCN1CCc2ccccc2C1)C1CCOCC1. The maximum absolute atomic E-state index is 13.2. The van der Waals surface area contributed by atoms with Crippen molar-refractivity contribution in [2.75, 3.05) is 32.8 Å². The average molecular weight is 397 g/mol. The van der Waals surface area contributed by atoms with E-state index < -0.39 is 5.82 Å². The molecule has 0 unspecified atom stereocenters. The number of carbonyl (C=O) groups is 1. The second kappa shape index (κ2) is 9.46. The van der Waals surface area contributed by atoms with Gasteiger partial charge in [-0.3, -0.25) is 9.69 Å². The van der Waals surface area contributed by atoms with E-state index in [0.717, 1.165) is 51.5 Å². The molecule has 1 aromatic heterocycles. The molecule has 0 saturated carbocycles. The monoisotopic (exact) mass is 397 g/mol. The molecule has 0 N–H and O–H groups in total. The number of carbonyl (C=O) groups excluding carboxylic acids is 1. The minimum Gasteiger partial charge on any atom is -0.381 e. The highest BCUT2D eigenvalue weighted by Gasteiger charge is 2.27. The lowest BCUT2D eigenvalue weighted by molar-refractivity contribution is 0.0275. The summed E-state index contributed by atoms with van der Waals surface area (Å²) in [7, 11) is 0. The first-order valence-electron chi connectivity index (χ1n) is 10.5. The van der Waals surface area contributed by atoms with E-state index in [4.69, 9.17) is 4.74 Å². The van der Waals surface area contributed by atoms with Gasteiger partial charge in [0, 0.05) is 45.4 Å². The van der Waals surface area contributed by atoms with Gasteiger partial charge in [-0.1, -0.05) is 24.3 Å². The van der Waals surface area contributed by atoms with Crippen LogP contribution < -0.4 is 0 Å². The maximum atomic E-state index is 13.2. The Hall–Kier alpha value is -2.31. The number of aromatic nitrogens is 1. The van der Waals surface area contributed by atoms with Crippen molar-refractivity contribution >= 4 is 5.91 Å². The first-order valence-corrected chi connectivity index (χ1v) is 10.5. The Kier molecular flexibility index (Phi) is 6.52. The van der Waals surface area contributed by atoms with Gasteiger partial charge in [0.05, 0.1) is 6.20 Å². The van der Waals surface area contributed by atoms with Crippen LogP contribution in [0.3, 0.4) is 0 Å². The number of fused-ring (bicyclic) bond motifs is 1. The van der Waals surface area contributed by atoms with Gasteiger partial charge in [-0.25, -0.2) is 9.37 Å². The maximum Gasteiger partial charge on any atom is 0.272 e. The summed E-state index contributed by atoms with van der Waals surface area (Å²) in [5.74, 6) is -0.537. The first kappa shape index (κ1) is 20.0. The van der Waals surface area contributed by atoms with Crippen molar-refractivity contribution in [3.8, 4) is 0 Å². The topological polar surface area (TPSA) is 45.7 Å².